The summed E-state index contributed by atoms with van der Waals surface area (Å²) < 4.78 is 0.728. The average molecular weight is 218 g/mol. The van der Waals surface area contributed by atoms with E-state index in [9.17, 15) is 4.79 Å². The lowest BCUT2D eigenvalue weighted by Crippen LogP contribution is -2.12. The minimum atomic E-state index is -1.21. The van der Waals surface area contributed by atoms with Gasteiger partial charge in [-0.2, -0.15) is 5.10 Å². The molecule has 16 heavy (non-hydrogen) atoms. The van der Waals surface area contributed by atoms with Crippen molar-refractivity contribution in [2.75, 3.05) is 11.5 Å². The molecule has 0 aliphatic rings. The molecule has 6 heteroatoms. The predicted octanol–water partition coefficient (Wildman–Crippen LogP) is 1.24. The Morgan fingerprint density at radius 2 is 1.88 bits per heavy atom. The van der Waals surface area contributed by atoms with Crippen molar-refractivity contribution in [1.82, 2.24) is 9.78 Å². The van der Waals surface area contributed by atoms with Gasteiger partial charge < -0.3 is 16.6 Å². The van der Waals surface area contributed by atoms with Crippen LogP contribution in [0.15, 0.2) is 30.5 Å². The maximum Gasteiger partial charge on any atom is 0.434 e. The van der Waals surface area contributed by atoms with E-state index in [0.717, 1.165) is 10.2 Å². The highest BCUT2D eigenvalue weighted by atomic mass is 16.4. The second kappa shape index (κ2) is 3.58. The van der Waals surface area contributed by atoms with Gasteiger partial charge in [-0.3, -0.25) is 0 Å². The SMILES string of the molecule is Nc1ccc(-c2cnn(C(=O)O)c2N)cc1. The molecule has 0 saturated heterocycles. The molecule has 0 aliphatic carbocycles. The second-order valence-electron chi connectivity index (χ2n) is 3.26. The molecule has 0 fully saturated rings. The Hall–Kier alpha value is -2.50. The standard InChI is InChI=1S/C10H10N4O2/c11-7-3-1-6(2-4-7)8-5-13-14(9(8)12)10(15)16/h1-5H,11-12H2,(H,15,16). The third-order valence-electron chi connectivity index (χ3n) is 2.21. The molecule has 0 aliphatic heterocycles. The lowest BCUT2D eigenvalue weighted by atomic mass is 10.1. The summed E-state index contributed by atoms with van der Waals surface area (Å²) in [6.45, 7) is 0. The molecular weight excluding hydrogens is 208 g/mol. The fraction of sp³-hybridized carbons (Fsp3) is 0. The number of rotatable bonds is 1. The van der Waals surface area contributed by atoms with Crippen molar-refractivity contribution in [1.29, 1.82) is 0 Å². The summed E-state index contributed by atoms with van der Waals surface area (Å²) in [6, 6.07) is 6.95. The minimum absolute atomic E-state index is 0.0947. The molecule has 0 spiro atoms. The molecule has 0 radical (unpaired) electrons. The van der Waals surface area contributed by atoms with Crippen LogP contribution in [0.3, 0.4) is 0 Å². The molecule has 5 N–H and O–H groups in total. The Balaban J connectivity index is 2.49. The fourth-order valence-corrected chi connectivity index (χ4v) is 1.40. The number of nitrogens with two attached hydrogens (primary N) is 2. The van der Waals surface area contributed by atoms with Gasteiger partial charge in [0.1, 0.15) is 5.82 Å². The molecular formula is C10H10N4O2. The number of nitrogens with zero attached hydrogens (tertiary/aromatic N) is 2. The van der Waals surface area contributed by atoms with Crippen molar-refractivity contribution in [2.24, 2.45) is 0 Å². The molecule has 0 bridgehead atoms. The van der Waals surface area contributed by atoms with Crippen molar-refractivity contribution in [3.8, 4) is 11.1 Å². The number of hydrogen-bond donors (Lipinski definition) is 3. The van der Waals surface area contributed by atoms with Crippen LogP contribution in [0.2, 0.25) is 0 Å². The number of carbonyl (C=O) groups is 1. The number of nitrogen functional groups attached to an aromatic ring is 2. The zero-order valence-electron chi connectivity index (χ0n) is 8.29. The van der Waals surface area contributed by atoms with E-state index in [0.29, 0.717) is 11.3 Å². The number of carboxylic acid groups (broad SMARTS) is 1. The summed E-state index contributed by atoms with van der Waals surface area (Å²) in [4.78, 5) is 10.7. The Bertz CT molecular complexity index is 530. The van der Waals surface area contributed by atoms with Gasteiger partial charge in [-0.1, -0.05) is 12.1 Å². The lowest BCUT2D eigenvalue weighted by molar-refractivity contribution is 0.193. The normalized spacial score (nSPS) is 10.2. The van der Waals surface area contributed by atoms with Crippen molar-refractivity contribution in [2.45, 2.75) is 0 Å². The third kappa shape index (κ3) is 1.56. The first-order valence-electron chi connectivity index (χ1n) is 4.52. The molecule has 1 aromatic carbocycles. The first-order valence-corrected chi connectivity index (χ1v) is 4.52. The first kappa shape index (κ1) is 10.0. The summed E-state index contributed by atoms with van der Waals surface area (Å²) in [7, 11) is 0. The zero-order chi connectivity index (χ0) is 11.7. The molecule has 0 amide bonds. The lowest BCUT2D eigenvalue weighted by Gasteiger charge is -2.01. The molecule has 0 saturated carbocycles. The largest absolute Gasteiger partial charge is 0.463 e. The van der Waals surface area contributed by atoms with Gasteiger partial charge in [0.15, 0.2) is 0 Å². The van der Waals surface area contributed by atoms with Crippen LogP contribution < -0.4 is 11.5 Å². The highest BCUT2D eigenvalue weighted by molar-refractivity contribution is 5.81. The van der Waals surface area contributed by atoms with Crippen LogP contribution >= 0.6 is 0 Å². The van der Waals surface area contributed by atoms with E-state index in [2.05, 4.69) is 5.10 Å². The molecule has 2 rings (SSSR count). The number of hydrogen-bond acceptors (Lipinski definition) is 4. The van der Waals surface area contributed by atoms with Gasteiger partial charge in [0, 0.05) is 11.3 Å². The molecule has 2 aromatic rings. The summed E-state index contributed by atoms with van der Waals surface area (Å²) in [5.41, 5.74) is 13.2. The van der Waals surface area contributed by atoms with Gasteiger partial charge in [0.2, 0.25) is 0 Å². The zero-order valence-corrected chi connectivity index (χ0v) is 8.29. The van der Waals surface area contributed by atoms with Crippen LogP contribution in [0, 0.1) is 0 Å². The first-order chi connectivity index (χ1) is 7.59. The van der Waals surface area contributed by atoms with Gasteiger partial charge in [0.25, 0.3) is 0 Å². The van der Waals surface area contributed by atoms with Crippen LogP contribution in [0.1, 0.15) is 0 Å². The Morgan fingerprint density at radius 1 is 1.25 bits per heavy atom. The van der Waals surface area contributed by atoms with Gasteiger partial charge in [-0.25, -0.2) is 4.79 Å². The van der Waals surface area contributed by atoms with Crippen molar-refractivity contribution in [3.05, 3.63) is 30.5 Å². The van der Waals surface area contributed by atoms with E-state index in [1.807, 2.05) is 0 Å². The Kier molecular flexibility index (Phi) is 2.24. The van der Waals surface area contributed by atoms with E-state index in [4.69, 9.17) is 16.6 Å². The van der Waals surface area contributed by atoms with Gasteiger partial charge >= 0.3 is 6.09 Å². The fourth-order valence-electron chi connectivity index (χ4n) is 1.40. The van der Waals surface area contributed by atoms with E-state index >= 15 is 0 Å². The summed E-state index contributed by atoms with van der Waals surface area (Å²) in [6.07, 6.45) is 0.203. The molecule has 1 heterocycles. The number of anilines is 2. The van der Waals surface area contributed by atoms with E-state index in [1.165, 1.54) is 6.20 Å². The highest BCUT2D eigenvalue weighted by Crippen LogP contribution is 2.25. The second-order valence-corrected chi connectivity index (χ2v) is 3.26. The van der Waals surface area contributed by atoms with Crippen LogP contribution in [0.5, 0.6) is 0 Å². The summed E-state index contributed by atoms with van der Waals surface area (Å²) in [5.74, 6) is 0.0947. The summed E-state index contributed by atoms with van der Waals surface area (Å²) in [5, 5.41) is 12.4. The topological polar surface area (TPSA) is 107 Å². The molecule has 0 unspecified atom stereocenters. The van der Waals surface area contributed by atoms with Crippen LogP contribution in [0.25, 0.3) is 11.1 Å². The van der Waals surface area contributed by atoms with Gasteiger partial charge in [0.05, 0.1) is 6.20 Å². The molecule has 1 aromatic heterocycles. The van der Waals surface area contributed by atoms with Crippen molar-refractivity contribution in [3.63, 3.8) is 0 Å². The summed E-state index contributed by atoms with van der Waals surface area (Å²) >= 11 is 0. The van der Waals surface area contributed by atoms with Crippen molar-refractivity contribution >= 4 is 17.6 Å². The molecule has 82 valence electrons. The van der Waals surface area contributed by atoms with E-state index in [-0.39, 0.29) is 5.82 Å². The Morgan fingerprint density at radius 3 is 2.38 bits per heavy atom. The van der Waals surface area contributed by atoms with Gasteiger partial charge in [-0.15, -0.1) is 4.68 Å². The molecule has 6 nitrogen and oxygen atoms in total. The number of benzene rings is 1. The monoisotopic (exact) mass is 218 g/mol. The van der Waals surface area contributed by atoms with Crippen LogP contribution in [-0.2, 0) is 0 Å². The van der Waals surface area contributed by atoms with E-state index in [1.54, 1.807) is 24.3 Å². The van der Waals surface area contributed by atoms with E-state index < -0.39 is 6.09 Å². The molecule has 0 atom stereocenters. The maximum absolute atomic E-state index is 10.7. The van der Waals surface area contributed by atoms with Gasteiger partial charge in [-0.05, 0) is 17.7 Å². The average Bonchev–Trinajstić information content (AvgIpc) is 2.61. The number of aromatic nitrogens is 2. The smallest absolute Gasteiger partial charge is 0.434 e. The minimum Gasteiger partial charge on any atom is -0.463 e. The van der Waals surface area contributed by atoms with Crippen LogP contribution in [0.4, 0.5) is 16.3 Å². The van der Waals surface area contributed by atoms with Crippen LogP contribution in [-0.4, -0.2) is 21.0 Å². The quantitative estimate of drug-likeness (QED) is 0.624. The third-order valence-corrected chi connectivity index (χ3v) is 2.21. The maximum atomic E-state index is 10.7. The Labute approximate surface area is 91.1 Å². The predicted molar refractivity (Wildman–Crippen MR) is 59.9 cm³/mol. The highest BCUT2D eigenvalue weighted by Gasteiger charge is 2.13. The van der Waals surface area contributed by atoms with Crippen molar-refractivity contribution < 1.29 is 9.90 Å².